The molecule has 2 N–H and O–H groups in total. The Kier molecular flexibility index (Phi) is 1.34. The molecule has 9 heavy (non-hydrogen) atoms. The zero-order chi connectivity index (χ0) is 6.85. The first kappa shape index (κ1) is 6.01. The summed E-state index contributed by atoms with van der Waals surface area (Å²) in [7, 11) is 0. The number of nitrogen functional groups attached to an aromatic ring is 1. The summed E-state index contributed by atoms with van der Waals surface area (Å²) in [6.45, 7) is 1.86. The van der Waals surface area contributed by atoms with Crippen LogP contribution < -0.4 is 10.5 Å². The standard InChI is InChI=1S/C6H7FN2/c1-5-2-3-9(7)6(8)4-5/h2-4,8H,1H3/p+1. The fourth-order valence-corrected chi connectivity index (χ4v) is 0.612. The van der Waals surface area contributed by atoms with Crippen LogP contribution in [0.5, 0.6) is 0 Å². The molecule has 0 aliphatic rings. The molecule has 0 amide bonds. The number of nitrogens with zero attached hydrogens (tertiary/aromatic N) is 1. The number of hydrogen-bond acceptors (Lipinski definition) is 1. The third kappa shape index (κ3) is 1.16. The number of aryl methyl sites for hydroxylation is 1. The third-order valence-corrected chi connectivity index (χ3v) is 1.09. The number of aromatic nitrogens is 1. The minimum Gasteiger partial charge on any atom is -0.284 e. The summed E-state index contributed by atoms with van der Waals surface area (Å²) >= 11 is 0. The number of hydrogen-bond donors (Lipinski definition) is 1. The van der Waals surface area contributed by atoms with Crippen LogP contribution in [-0.2, 0) is 0 Å². The first-order valence-electron chi connectivity index (χ1n) is 2.64. The van der Waals surface area contributed by atoms with E-state index in [-0.39, 0.29) is 5.82 Å². The van der Waals surface area contributed by atoms with E-state index >= 15 is 0 Å². The van der Waals surface area contributed by atoms with Crippen molar-refractivity contribution in [1.29, 1.82) is 0 Å². The molecule has 1 rings (SSSR count). The van der Waals surface area contributed by atoms with E-state index in [1.165, 1.54) is 6.20 Å². The summed E-state index contributed by atoms with van der Waals surface area (Å²) in [5, 5.41) is 0. The zero-order valence-corrected chi connectivity index (χ0v) is 5.13. The molecular weight excluding hydrogens is 119 g/mol. The molecule has 0 fully saturated rings. The molecule has 2 nitrogen and oxygen atoms in total. The average Bonchev–Trinajstić information content (AvgIpc) is 1.80. The molecule has 0 saturated carbocycles. The summed E-state index contributed by atoms with van der Waals surface area (Å²) in [4.78, 5) is 0.382. The van der Waals surface area contributed by atoms with Gasteiger partial charge in [0.1, 0.15) is 6.20 Å². The van der Waals surface area contributed by atoms with Gasteiger partial charge in [-0.2, -0.15) is 0 Å². The molecule has 0 bridgehead atoms. The third-order valence-electron chi connectivity index (χ3n) is 1.09. The molecule has 0 aromatic carbocycles. The lowest BCUT2D eigenvalue weighted by Gasteiger charge is -1.89. The Labute approximate surface area is 52.7 Å². The minimum atomic E-state index is 0.134. The first-order valence-corrected chi connectivity index (χ1v) is 2.64. The van der Waals surface area contributed by atoms with Crippen molar-refractivity contribution in [1.82, 2.24) is 0 Å². The van der Waals surface area contributed by atoms with Crippen molar-refractivity contribution in [3.8, 4) is 0 Å². The van der Waals surface area contributed by atoms with E-state index in [0.29, 0.717) is 4.79 Å². The summed E-state index contributed by atoms with van der Waals surface area (Å²) < 4.78 is 12.3. The molecule has 0 unspecified atom stereocenters. The normalized spacial score (nSPS) is 9.56. The molecule has 0 atom stereocenters. The van der Waals surface area contributed by atoms with Gasteiger partial charge in [-0.1, -0.05) is 0 Å². The van der Waals surface area contributed by atoms with Crippen LogP contribution in [0.3, 0.4) is 0 Å². The Bertz CT molecular complexity index is 222. The molecule has 0 aliphatic carbocycles. The number of nitrogens with two attached hydrogens (primary N) is 1. The van der Waals surface area contributed by atoms with Gasteiger partial charge in [-0.3, -0.25) is 5.73 Å². The quantitative estimate of drug-likeness (QED) is 0.543. The second kappa shape index (κ2) is 2.01. The minimum absolute atomic E-state index is 0.134. The van der Waals surface area contributed by atoms with Crippen molar-refractivity contribution in [2.45, 2.75) is 6.92 Å². The molecule has 48 valence electrons. The maximum Gasteiger partial charge on any atom is 0.308 e. The second-order valence-electron chi connectivity index (χ2n) is 1.94. The lowest BCUT2D eigenvalue weighted by molar-refractivity contribution is -0.831. The highest BCUT2D eigenvalue weighted by atomic mass is 19.2. The monoisotopic (exact) mass is 127 g/mol. The highest BCUT2D eigenvalue weighted by molar-refractivity contribution is 5.24. The van der Waals surface area contributed by atoms with Crippen LogP contribution in [0, 0.1) is 6.92 Å². The van der Waals surface area contributed by atoms with Crippen LogP contribution in [0.1, 0.15) is 5.56 Å². The lowest BCUT2D eigenvalue weighted by Crippen LogP contribution is -2.26. The lowest BCUT2D eigenvalue weighted by atomic mass is 10.3. The van der Waals surface area contributed by atoms with Crippen molar-refractivity contribution in [3.63, 3.8) is 0 Å². The predicted octanol–water partition coefficient (Wildman–Crippen LogP) is 0.597. The van der Waals surface area contributed by atoms with Crippen LogP contribution >= 0.6 is 0 Å². The van der Waals surface area contributed by atoms with E-state index in [1.54, 1.807) is 12.1 Å². The van der Waals surface area contributed by atoms with Crippen LogP contribution in [0.15, 0.2) is 18.3 Å². The maximum atomic E-state index is 12.3. The Hall–Kier alpha value is -1.12. The number of anilines is 1. The summed E-state index contributed by atoms with van der Waals surface area (Å²) in [6.07, 6.45) is 1.28. The van der Waals surface area contributed by atoms with Crippen molar-refractivity contribution in [2.24, 2.45) is 0 Å². The van der Waals surface area contributed by atoms with Gasteiger partial charge in [0.2, 0.25) is 0 Å². The molecule has 1 aromatic rings. The number of pyridine rings is 1. The van der Waals surface area contributed by atoms with Crippen LogP contribution in [0.4, 0.5) is 10.3 Å². The van der Waals surface area contributed by atoms with E-state index in [1.807, 2.05) is 6.92 Å². The maximum absolute atomic E-state index is 12.3. The smallest absolute Gasteiger partial charge is 0.284 e. The predicted molar refractivity (Wildman–Crippen MR) is 32.3 cm³/mol. The Morgan fingerprint density at radius 3 is 2.78 bits per heavy atom. The van der Waals surface area contributed by atoms with E-state index in [0.717, 1.165) is 5.56 Å². The summed E-state index contributed by atoms with van der Waals surface area (Å²) in [6, 6.07) is 3.22. The summed E-state index contributed by atoms with van der Waals surface area (Å²) in [5.41, 5.74) is 6.17. The fourth-order valence-electron chi connectivity index (χ4n) is 0.612. The van der Waals surface area contributed by atoms with Crippen molar-refractivity contribution in [2.75, 3.05) is 5.73 Å². The Morgan fingerprint density at radius 1 is 1.67 bits per heavy atom. The van der Waals surface area contributed by atoms with Gasteiger partial charge in [-0.05, 0) is 23.3 Å². The Morgan fingerprint density at radius 2 is 2.33 bits per heavy atom. The second-order valence-corrected chi connectivity index (χ2v) is 1.94. The highest BCUT2D eigenvalue weighted by Gasteiger charge is 2.00. The molecule has 0 saturated heterocycles. The van der Waals surface area contributed by atoms with Crippen molar-refractivity contribution < 1.29 is 9.27 Å². The molecule has 0 spiro atoms. The van der Waals surface area contributed by atoms with E-state index in [2.05, 4.69) is 0 Å². The van der Waals surface area contributed by atoms with E-state index < -0.39 is 0 Å². The zero-order valence-electron chi connectivity index (χ0n) is 5.13. The van der Waals surface area contributed by atoms with Gasteiger partial charge >= 0.3 is 5.82 Å². The van der Waals surface area contributed by atoms with Crippen LogP contribution in [0.2, 0.25) is 0 Å². The average molecular weight is 127 g/mol. The fraction of sp³-hybridized carbons (Fsp3) is 0.167. The highest BCUT2D eigenvalue weighted by Crippen LogP contribution is 1.97. The molecule has 0 aliphatic heterocycles. The molecule has 0 radical (unpaired) electrons. The summed E-state index contributed by atoms with van der Waals surface area (Å²) in [5.74, 6) is 0.134. The van der Waals surface area contributed by atoms with Gasteiger partial charge in [0.15, 0.2) is 0 Å². The Balaban J connectivity index is 3.17. The van der Waals surface area contributed by atoms with Crippen LogP contribution in [0.25, 0.3) is 0 Å². The van der Waals surface area contributed by atoms with Crippen molar-refractivity contribution >= 4 is 5.82 Å². The number of rotatable bonds is 0. The van der Waals surface area contributed by atoms with Crippen LogP contribution in [-0.4, -0.2) is 0 Å². The van der Waals surface area contributed by atoms with Crippen molar-refractivity contribution in [3.05, 3.63) is 23.9 Å². The van der Waals surface area contributed by atoms with Gasteiger partial charge in [-0.15, -0.1) is 0 Å². The van der Waals surface area contributed by atoms with Gasteiger partial charge in [0.05, 0.1) is 0 Å². The van der Waals surface area contributed by atoms with E-state index in [9.17, 15) is 4.48 Å². The first-order chi connectivity index (χ1) is 4.20. The largest absolute Gasteiger partial charge is 0.308 e. The van der Waals surface area contributed by atoms with Gasteiger partial charge in [0.25, 0.3) is 0 Å². The molecule has 1 heterocycles. The van der Waals surface area contributed by atoms with Gasteiger partial charge in [0, 0.05) is 10.5 Å². The van der Waals surface area contributed by atoms with Gasteiger partial charge < -0.3 is 0 Å². The topological polar surface area (TPSA) is 29.9 Å². The molecule has 3 heteroatoms. The molecule has 1 aromatic heterocycles. The number of halogens is 1. The van der Waals surface area contributed by atoms with E-state index in [4.69, 9.17) is 5.73 Å². The molecular formula is C6H8FN2+. The van der Waals surface area contributed by atoms with Gasteiger partial charge in [-0.25, -0.2) is 0 Å². The SMILES string of the molecule is Cc1cc[n+](F)c(N)c1.